The lowest BCUT2D eigenvalue weighted by Crippen LogP contribution is -2.41. The molecule has 2 aromatic rings. The van der Waals surface area contributed by atoms with Crippen molar-refractivity contribution < 1.29 is 9.18 Å². The van der Waals surface area contributed by atoms with Crippen LogP contribution in [0.1, 0.15) is 15.9 Å². The van der Waals surface area contributed by atoms with Crippen LogP contribution >= 0.6 is 47.2 Å². The fourth-order valence-corrected chi connectivity index (χ4v) is 2.45. The van der Waals surface area contributed by atoms with E-state index in [1.165, 1.54) is 18.2 Å². The van der Waals surface area contributed by atoms with Crippen molar-refractivity contribution >= 4 is 59.0 Å². The highest BCUT2D eigenvalue weighted by Crippen LogP contribution is 2.22. The molecule has 0 aliphatic heterocycles. The highest BCUT2D eigenvalue weighted by molar-refractivity contribution is 14.0. The zero-order valence-corrected chi connectivity index (χ0v) is 18.4. The van der Waals surface area contributed by atoms with Crippen molar-refractivity contribution in [3.8, 4) is 0 Å². The van der Waals surface area contributed by atoms with E-state index in [1.807, 2.05) is 6.07 Å². The topological polar surface area (TPSA) is 65.5 Å². The second-order valence-electron chi connectivity index (χ2n) is 5.37. The largest absolute Gasteiger partial charge is 0.355 e. The van der Waals surface area contributed by atoms with Crippen molar-refractivity contribution in [3.63, 3.8) is 0 Å². The molecule has 27 heavy (non-hydrogen) atoms. The van der Waals surface area contributed by atoms with Gasteiger partial charge in [0, 0.05) is 32.2 Å². The van der Waals surface area contributed by atoms with Crippen LogP contribution in [0.2, 0.25) is 10.0 Å². The summed E-state index contributed by atoms with van der Waals surface area (Å²) in [7, 11) is 1.63. The fraction of sp³-hybridized carbons (Fsp3) is 0.222. The van der Waals surface area contributed by atoms with Crippen LogP contribution in [0.25, 0.3) is 0 Å². The molecule has 0 atom stereocenters. The molecule has 9 heteroatoms. The summed E-state index contributed by atoms with van der Waals surface area (Å²) in [6, 6.07) is 11.0. The van der Waals surface area contributed by atoms with Gasteiger partial charge in [-0.2, -0.15) is 0 Å². The number of aliphatic imine (C=N–C) groups is 1. The molecule has 0 heterocycles. The zero-order chi connectivity index (χ0) is 18.9. The summed E-state index contributed by atoms with van der Waals surface area (Å²) in [5.74, 6) is 0.0309. The minimum atomic E-state index is -0.280. The Morgan fingerprint density at radius 1 is 1.04 bits per heavy atom. The van der Waals surface area contributed by atoms with E-state index in [0.29, 0.717) is 41.2 Å². The third-order valence-corrected chi connectivity index (χ3v) is 4.20. The van der Waals surface area contributed by atoms with E-state index in [4.69, 9.17) is 23.2 Å². The van der Waals surface area contributed by atoms with E-state index in [9.17, 15) is 9.18 Å². The molecule has 1 amide bonds. The molecule has 2 aromatic carbocycles. The van der Waals surface area contributed by atoms with Gasteiger partial charge in [0.2, 0.25) is 0 Å². The van der Waals surface area contributed by atoms with E-state index in [1.54, 1.807) is 25.2 Å². The van der Waals surface area contributed by atoms with Crippen molar-refractivity contribution in [2.24, 2.45) is 4.99 Å². The Hall–Kier alpha value is -1.58. The van der Waals surface area contributed by atoms with Gasteiger partial charge in [0.15, 0.2) is 5.96 Å². The van der Waals surface area contributed by atoms with Crippen LogP contribution in [-0.4, -0.2) is 32.0 Å². The quantitative estimate of drug-likeness (QED) is 0.233. The van der Waals surface area contributed by atoms with Crippen LogP contribution in [0.15, 0.2) is 47.5 Å². The van der Waals surface area contributed by atoms with Gasteiger partial charge >= 0.3 is 0 Å². The minimum Gasteiger partial charge on any atom is -0.355 e. The fourth-order valence-electron chi connectivity index (χ4n) is 2.15. The number of rotatable bonds is 6. The molecule has 0 aliphatic carbocycles. The molecule has 0 bridgehead atoms. The number of nitrogens with zero attached hydrogens (tertiary/aromatic N) is 1. The Balaban J connectivity index is 0.00000364. The summed E-state index contributed by atoms with van der Waals surface area (Å²) < 4.78 is 13.2. The van der Waals surface area contributed by atoms with Crippen molar-refractivity contribution in [1.82, 2.24) is 16.0 Å². The Labute approximate surface area is 184 Å². The molecule has 0 aromatic heterocycles. The first kappa shape index (κ1) is 23.5. The standard InChI is InChI=1S/C18H19Cl2FN4O.HI/c1-22-18(25-11-12-3-2-4-14(21)9-12)24-8-7-23-17(26)13-5-6-15(19)16(20)10-13;/h2-6,9-10H,7-8,11H2,1H3,(H,23,26)(H2,22,24,25);1H. The molecular formula is C18H20Cl2FIN4O. The summed E-state index contributed by atoms with van der Waals surface area (Å²) in [6.07, 6.45) is 0. The van der Waals surface area contributed by atoms with Gasteiger partial charge in [-0.05, 0) is 35.9 Å². The third kappa shape index (κ3) is 7.90. The molecule has 0 saturated heterocycles. The molecule has 2 rings (SSSR count). The monoisotopic (exact) mass is 524 g/mol. The molecule has 0 saturated carbocycles. The average Bonchev–Trinajstić information content (AvgIpc) is 2.63. The van der Waals surface area contributed by atoms with Crippen LogP contribution in [-0.2, 0) is 6.54 Å². The number of carbonyl (C=O) groups excluding carboxylic acids is 1. The SMILES string of the molecule is CN=C(NCCNC(=O)c1ccc(Cl)c(Cl)c1)NCc1cccc(F)c1.I. The molecule has 0 spiro atoms. The highest BCUT2D eigenvalue weighted by atomic mass is 127. The number of nitrogens with one attached hydrogen (secondary N) is 3. The van der Waals surface area contributed by atoms with Crippen molar-refractivity contribution in [3.05, 3.63) is 69.5 Å². The van der Waals surface area contributed by atoms with Gasteiger partial charge in [0.1, 0.15) is 5.82 Å². The second kappa shape index (κ2) is 12.0. The predicted molar refractivity (Wildman–Crippen MR) is 119 cm³/mol. The van der Waals surface area contributed by atoms with Gasteiger partial charge in [-0.15, -0.1) is 24.0 Å². The number of carbonyl (C=O) groups is 1. The molecule has 0 aliphatic rings. The molecule has 0 fully saturated rings. The number of halogens is 4. The lowest BCUT2D eigenvalue weighted by molar-refractivity contribution is 0.0954. The van der Waals surface area contributed by atoms with E-state index < -0.39 is 0 Å². The smallest absolute Gasteiger partial charge is 0.251 e. The van der Waals surface area contributed by atoms with Crippen LogP contribution in [0.4, 0.5) is 4.39 Å². The first-order valence-electron chi connectivity index (χ1n) is 7.92. The normalized spacial score (nSPS) is 10.7. The molecule has 0 unspecified atom stereocenters. The van der Waals surface area contributed by atoms with Gasteiger partial charge in [-0.25, -0.2) is 4.39 Å². The molecule has 3 N–H and O–H groups in total. The maximum Gasteiger partial charge on any atom is 0.251 e. The number of benzene rings is 2. The first-order valence-corrected chi connectivity index (χ1v) is 8.67. The number of guanidine groups is 1. The molecule has 146 valence electrons. The van der Waals surface area contributed by atoms with E-state index in [0.717, 1.165) is 5.56 Å². The Morgan fingerprint density at radius 2 is 1.78 bits per heavy atom. The third-order valence-electron chi connectivity index (χ3n) is 3.46. The summed E-state index contributed by atoms with van der Waals surface area (Å²) in [4.78, 5) is 16.1. The number of hydrogen-bond acceptors (Lipinski definition) is 2. The lowest BCUT2D eigenvalue weighted by atomic mass is 10.2. The first-order chi connectivity index (χ1) is 12.5. The van der Waals surface area contributed by atoms with E-state index in [-0.39, 0.29) is 35.7 Å². The van der Waals surface area contributed by atoms with Crippen molar-refractivity contribution in [1.29, 1.82) is 0 Å². The van der Waals surface area contributed by atoms with E-state index >= 15 is 0 Å². The predicted octanol–water partition coefficient (Wildman–Crippen LogP) is 3.85. The number of amides is 1. The lowest BCUT2D eigenvalue weighted by Gasteiger charge is -2.12. The van der Waals surface area contributed by atoms with Gasteiger partial charge < -0.3 is 16.0 Å². The van der Waals surface area contributed by atoms with Gasteiger partial charge in [-0.3, -0.25) is 9.79 Å². The summed E-state index contributed by atoms with van der Waals surface area (Å²) in [6.45, 7) is 1.29. The van der Waals surface area contributed by atoms with Crippen LogP contribution in [0, 0.1) is 5.82 Å². The molecular weight excluding hydrogens is 505 g/mol. The summed E-state index contributed by atoms with van der Waals surface area (Å²) >= 11 is 11.7. The summed E-state index contributed by atoms with van der Waals surface area (Å²) in [5.41, 5.74) is 1.24. The average molecular weight is 525 g/mol. The Morgan fingerprint density at radius 3 is 2.44 bits per heavy atom. The maximum absolute atomic E-state index is 13.2. The molecule has 5 nitrogen and oxygen atoms in total. The number of hydrogen-bond donors (Lipinski definition) is 3. The van der Waals surface area contributed by atoms with Crippen LogP contribution < -0.4 is 16.0 Å². The Bertz CT molecular complexity index is 805. The van der Waals surface area contributed by atoms with Gasteiger partial charge in [-0.1, -0.05) is 35.3 Å². The van der Waals surface area contributed by atoms with Crippen molar-refractivity contribution in [2.75, 3.05) is 20.1 Å². The highest BCUT2D eigenvalue weighted by Gasteiger charge is 2.07. The zero-order valence-electron chi connectivity index (χ0n) is 14.6. The minimum absolute atomic E-state index is 0. The second-order valence-corrected chi connectivity index (χ2v) is 6.18. The molecule has 0 radical (unpaired) electrons. The van der Waals surface area contributed by atoms with Crippen molar-refractivity contribution in [2.45, 2.75) is 6.54 Å². The Kier molecular flexibility index (Phi) is 10.4. The van der Waals surface area contributed by atoms with E-state index in [2.05, 4.69) is 20.9 Å². The van der Waals surface area contributed by atoms with Gasteiger partial charge in [0.25, 0.3) is 5.91 Å². The summed E-state index contributed by atoms with van der Waals surface area (Å²) in [5, 5.41) is 9.64. The van der Waals surface area contributed by atoms with Gasteiger partial charge in [0.05, 0.1) is 10.0 Å². The van der Waals surface area contributed by atoms with Crippen LogP contribution in [0.3, 0.4) is 0 Å². The van der Waals surface area contributed by atoms with Crippen LogP contribution in [0.5, 0.6) is 0 Å². The maximum atomic E-state index is 13.2.